The van der Waals surface area contributed by atoms with Gasteiger partial charge in [0.15, 0.2) is 78.1 Å². The van der Waals surface area contributed by atoms with Crippen molar-refractivity contribution in [1.29, 1.82) is 0 Å². The number of aliphatic hydroxyl groups is 1. The second-order valence-electron chi connectivity index (χ2n) is 24.3. The average molecular weight is 1500 g/mol. The van der Waals surface area contributed by atoms with Gasteiger partial charge in [-0.2, -0.15) is 15.0 Å². The van der Waals surface area contributed by atoms with Crippen molar-refractivity contribution in [2.24, 2.45) is 0 Å². The minimum atomic E-state index is -1.12. The lowest BCUT2D eigenvalue weighted by atomic mass is 10.1. The zero-order valence-corrected chi connectivity index (χ0v) is 61.2. The monoisotopic (exact) mass is 1500 g/mol. The van der Waals surface area contributed by atoms with E-state index in [0.717, 1.165) is 6.42 Å². The van der Waals surface area contributed by atoms with Gasteiger partial charge in [0.1, 0.15) is 47.8 Å². The Kier molecular flexibility index (Phi) is 29.4. The highest BCUT2D eigenvalue weighted by molar-refractivity contribution is 5.92. The summed E-state index contributed by atoms with van der Waals surface area (Å²) in [6.07, 6.45) is -1.98. The number of imidazole rings is 3. The Labute approximate surface area is 619 Å². The fraction of sp³-hybridized carbons (Fsp3) is 0.465. The predicted octanol–water partition coefficient (Wildman–Crippen LogP) is 4.99. The highest BCUT2D eigenvalue weighted by Crippen LogP contribution is 2.39. The van der Waals surface area contributed by atoms with Crippen molar-refractivity contribution in [3.8, 4) is 17.2 Å². The molecule has 0 bridgehead atoms. The largest absolute Gasteiger partial charge is 1.00 e. The van der Waals surface area contributed by atoms with Crippen molar-refractivity contribution in [2.75, 3.05) is 83.8 Å². The summed E-state index contributed by atoms with van der Waals surface area (Å²) in [5, 5.41) is 26.8. The fourth-order valence-electron chi connectivity index (χ4n) is 12.1. The van der Waals surface area contributed by atoms with Gasteiger partial charge in [-0.15, -0.1) is 0 Å². The molecule has 3 fully saturated rings. The number of nitrogens with zero attached hydrogens (tertiary/aromatic N) is 10. The van der Waals surface area contributed by atoms with Crippen molar-refractivity contribution in [1.82, 2.24) is 63.5 Å². The molecule has 0 aliphatic carbocycles. The van der Waals surface area contributed by atoms with E-state index in [1.807, 2.05) is 39.0 Å². The standard InChI is InChI=1S/C24H27N5O9.C21H25N5O6.C20H23N5O6.C6H15N/c1-3-14-19(38-17(33)10-9-16(31)32)20(35-2)23(37-14)29-12-25-18-21(29)27-24(28-22(18)34)26-15(30)11-36-13-7-5-4-6-8-13;1-4-13-16(29-2)17(30-3)20(32-13)26-11-22-15-18(26)24-21(25-19(15)28)23-14(27)10-31-12-8-6-5-7-9-12;1-3-12-15(27)16(29-2)19(31-12)25-10-21-14-17(25)23-20(24-18(14)28)22-13(26)9-30-11-7-5-4-6-8-11;1-4-7(5-2)6-3/h4-8,12,14,19-20,23H,3,9-11H2,1-2H3,(H,31,32)(H2,26,27,28,30,34);5-9,11,13,16-17,20H,4,10H2,1-3H3,(H2,23,24,25,27,28);4-8,10,12,15-16,19,27H,3,9H2,1-2H3,(H2,22,23,24,26,28);4-6H2,1-3H3/p+1/t14-,19+,20?,23-;13-,16+,17?,20-;12-,15+,16?,19-;/m111./s1. The number of methoxy groups -OCH3 is 4. The number of carbonyl (C=O) groups is 5. The molecule has 37 nitrogen and oxygen atoms in total. The van der Waals surface area contributed by atoms with Gasteiger partial charge in [0, 0.05) is 28.4 Å². The predicted molar refractivity (Wildman–Crippen MR) is 389 cm³/mol. The molecule has 580 valence electrons. The minimum Gasteiger partial charge on any atom is -0.484 e. The number of H-pyrrole nitrogens is 3. The molecule has 3 saturated heterocycles. The van der Waals surface area contributed by atoms with Gasteiger partial charge in [-0.1, -0.05) is 96.1 Å². The number of aliphatic hydroxyl groups excluding tert-OH is 1. The number of benzene rings is 3. The number of ether oxygens (including phenoxy) is 11. The first-order chi connectivity index (χ1) is 52.2. The van der Waals surface area contributed by atoms with Crippen LogP contribution in [-0.2, 0) is 61.9 Å². The first-order valence-electron chi connectivity index (χ1n) is 34.9. The summed E-state index contributed by atoms with van der Waals surface area (Å²) in [6, 6.07) is 26.6. The van der Waals surface area contributed by atoms with Gasteiger partial charge in [0.2, 0.25) is 17.8 Å². The van der Waals surface area contributed by atoms with Crippen LogP contribution in [0.3, 0.4) is 0 Å². The number of nitrogens with one attached hydrogen (secondary N) is 6. The smallest absolute Gasteiger partial charge is 0.484 e. The molecular weight excluding hydrogens is 1410 g/mol. The third-order valence-corrected chi connectivity index (χ3v) is 17.6. The van der Waals surface area contributed by atoms with Crippen LogP contribution < -0.4 is 46.8 Å². The summed E-state index contributed by atoms with van der Waals surface area (Å²) in [7, 11) is 6.06. The van der Waals surface area contributed by atoms with Crippen LogP contribution in [0.25, 0.3) is 33.5 Å². The zero-order valence-electron chi connectivity index (χ0n) is 62.2. The molecule has 3 aliphatic rings. The third kappa shape index (κ3) is 20.2. The Morgan fingerprint density at radius 3 is 1.11 bits per heavy atom. The van der Waals surface area contributed by atoms with Crippen molar-refractivity contribution in [3.05, 3.63) is 141 Å². The third-order valence-electron chi connectivity index (χ3n) is 17.6. The number of carboxylic acids is 1. The van der Waals surface area contributed by atoms with E-state index >= 15 is 0 Å². The molecule has 108 heavy (non-hydrogen) atoms. The average Bonchev–Trinajstić information content (AvgIpc) is 1.63. The summed E-state index contributed by atoms with van der Waals surface area (Å²) in [5.74, 6) is -1.93. The number of aromatic amines is 3. The molecule has 12 rings (SSSR count). The normalized spacial score (nSPS) is 21.4. The maximum absolute atomic E-state index is 12.7. The van der Waals surface area contributed by atoms with Crippen molar-refractivity contribution in [2.45, 2.75) is 147 Å². The number of fused-ring (bicyclic) bond motifs is 3. The molecule has 3 aliphatic heterocycles. The Morgan fingerprint density at radius 1 is 0.472 bits per heavy atom. The molecular formula is C71H91N16O21+. The SMILES string of the molecule is CCN(CC)CC.CC[C@H]1O[C@@H](n2cnc3c(=O)[nH]c(NC(=O)COc4ccccc4)nc32)C(OC)[C@H]1O.CC[C@H]1O[C@@H](n2cnc3c(=O)[nH]c(NC(=O)COc4ccccc4)nc32)C(OC)[C@H]1OC.CC[C@H]1O[C@@H](n2cnc3c(=O)[nH]c(NC(=O)COc4ccccc4)nc32)C(OC)[C@H]1OC(=O)CCC(=O)O.[H+]. The maximum atomic E-state index is 12.7. The van der Waals surface area contributed by atoms with E-state index in [0.29, 0.717) is 30.1 Å². The van der Waals surface area contributed by atoms with Gasteiger partial charge in [-0.3, -0.25) is 83.0 Å². The summed E-state index contributed by atoms with van der Waals surface area (Å²) in [5.41, 5.74) is -0.862. The van der Waals surface area contributed by atoms with Crippen LogP contribution in [0.15, 0.2) is 124 Å². The number of carbonyl (C=O) groups excluding carboxylic acids is 4. The second-order valence-corrected chi connectivity index (χ2v) is 24.3. The Hall–Kier alpha value is -10.9. The molecule has 3 aromatic carbocycles. The van der Waals surface area contributed by atoms with Crippen molar-refractivity contribution < 1.29 is 87.7 Å². The van der Waals surface area contributed by atoms with Gasteiger partial charge in [-0.25, -0.2) is 15.0 Å². The van der Waals surface area contributed by atoms with E-state index in [1.165, 1.54) is 62.0 Å². The molecule has 6 aromatic heterocycles. The number of hydrogen-bond donors (Lipinski definition) is 8. The molecule has 9 heterocycles. The lowest BCUT2D eigenvalue weighted by Gasteiger charge is -2.23. The summed E-state index contributed by atoms with van der Waals surface area (Å²) in [6.45, 7) is 15.0. The number of hydrogen-bond acceptors (Lipinski definition) is 27. The second kappa shape index (κ2) is 39.1. The first-order valence-corrected chi connectivity index (χ1v) is 34.9. The van der Waals surface area contributed by atoms with E-state index in [1.54, 1.807) is 91.6 Å². The summed E-state index contributed by atoms with van der Waals surface area (Å²) < 4.78 is 66.7. The van der Waals surface area contributed by atoms with Crippen LogP contribution in [0.5, 0.6) is 17.2 Å². The number of amides is 3. The van der Waals surface area contributed by atoms with Crippen LogP contribution >= 0.6 is 0 Å². The van der Waals surface area contributed by atoms with Gasteiger partial charge >= 0.3 is 13.4 Å². The molecule has 3 unspecified atom stereocenters. The lowest BCUT2D eigenvalue weighted by molar-refractivity contribution is -0.158. The van der Waals surface area contributed by atoms with E-state index < -0.39 is 108 Å². The van der Waals surface area contributed by atoms with E-state index in [2.05, 4.69) is 86.5 Å². The fourth-order valence-corrected chi connectivity index (χ4v) is 12.1. The maximum Gasteiger partial charge on any atom is 1.00 e. The van der Waals surface area contributed by atoms with Crippen molar-refractivity contribution >= 4 is 81.0 Å². The van der Waals surface area contributed by atoms with E-state index in [-0.39, 0.29) is 97.6 Å². The van der Waals surface area contributed by atoms with E-state index in [9.17, 15) is 43.5 Å². The lowest BCUT2D eigenvalue weighted by Crippen LogP contribution is -2.37. The number of anilines is 3. The van der Waals surface area contributed by atoms with Gasteiger partial charge in [0.25, 0.3) is 34.4 Å². The summed E-state index contributed by atoms with van der Waals surface area (Å²) in [4.78, 5) is 133. The number of esters is 1. The van der Waals surface area contributed by atoms with Crippen LogP contribution in [0.2, 0.25) is 0 Å². The minimum absolute atomic E-state index is 0. The molecule has 12 atom stereocenters. The number of carboxylic acid groups (broad SMARTS) is 1. The van der Waals surface area contributed by atoms with Gasteiger partial charge in [-0.05, 0) is 75.3 Å². The highest BCUT2D eigenvalue weighted by atomic mass is 16.6. The number of rotatable bonds is 29. The topological polar surface area (TPSA) is 457 Å². The summed E-state index contributed by atoms with van der Waals surface area (Å²) >= 11 is 0. The molecule has 0 saturated carbocycles. The zero-order chi connectivity index (χ0) is 77.6. The van der Waals surface area contributed by atoms with Crippen LogP contribution in [0.1, 0.15) is 93.8 Å². The molecule has 9 aromatic rings. The Morgan fingerprint density at radius 2 is 0.796 bits per heavy atom. The number of aliphatic carboxylic acids is 1. The number of aromatic nitrogens is 12. The molecule has 3 amide bonds. The Balaban J connectivity index is 0.000000197. The highest BCUT2D eigenvalue weighted by Gasteiger charge is 2.49. The van der Waals surface area contributed by atoms with Gasteiger partial charge < -0.3 is 67.2 Å². The van der Waals surface area contributed by atoms with E-state index in [4.69, 9.17) is 57.2 Å². The molecule has 0 radical (unpaired) electrons. The Bertz CT molecular complexity index is 4610. The van der Waals surface area contributed by atoms with Crippen LogP contribution in [0, 0.1) is 0 Å². The quantitative estimate of drug-likeness (QED) is 0.0286. The molecule has 0 spiro atoms. The van der Waals surface area contributed by atoms with Gasteiger partial charge in [0.05, 0.1) is 50.1 Å². The van der Waals surface area contributed by atoms with Crippen molar-refractivity contribution in [3.63, 3.8) is 0 Å². The van der Waals surface area contributed by atoms with Crippen LogP contribution in [-0.4, -0.2) is 226 Å². The first kappa shape index (κ1) is 81.2. The molecule has 8 N–H and O–H groups in total. The molecule has 37 heteroatoms. The van der Waals surface area contributed by atoms with Crippen LogP contribution in [0.4, 0.5) is 17.8 Å². The number of para-hydroxylation sites is 3.